The van der Waals surface area contributed by atoms with E-state index in [0.717, 1.165) is 0 Å². The highest BCUT2D eigenvalue weighted by Gasteiger charge is 2.32. The van der Waals surface area contributed by atoms with Crippen molar-refractivity contribution in [2.24, 2.45) is 0 Å². The molecule has 0 atom stereocenters. The normalized spacial score (nSPS) is 14.6. The van der Waals surface area contributed by atoms with Crippen molar-refractivity contribution in [3.63, 3.8) is 0 Å². The van der Waals surface area contributed by atoms with Crippen LogP contribution in [0.1, 0.15) is 10.5 Å². The summed E-state index contributed by atoms with van der Waals surface area (Å²) >= 11 is 0. The predicted octanol–water partition coefficient (Wildman–Crippen LogP) is 1.86. The second-order valence-electron chi connectivity index (χ2n) is 8.60. The van der Waals surface area contributed by atoms with E-state index in [0.29, 0.717) is 45.3 Å². The Morgan fingerprint density at radius 1 is 0.744 bits per heavy atom. The van der Waals surface area contributed by atoms with Crippen LogP contribution < -0.4 is 34.3 Å². The van der Waals surface area contributed by atoms with E-state index in [2.05, 4.69) is 0 Å². The predicted molar refractivity (Wildman–Crippen MR) is 144 cm³/mol. The molecule has 2 aromatic carbocycles. The van der Waals surface area contributed by atoms with Crippen LogP contribution in [0.4, 0.5) is 0 Å². The number of carbonyl (C=O) groups is 1. The minimum absolute atomic E-state index is 0.000273. The number of aromatic nitrogens is 1. The van der Waals surface area contributed by atoms with Crippen molar-refractivity contribution in [3.05, 3.63) is 40.3 Å². The Kier molecular flexibility index (Phi) is 7.82. The van der Waals surface area contributed by atoms with Gasteiger partial charge in [-0.05, 0) is 29.8 Å². The molecule has 13 heteroatoms. The summed E-state index contributed by atoms with van der Waals surface area (Å²) in [5, 5.41) is 2.11. The van der Waals surface area contributed by atoms with Crippen LogP contribution in [-0.2, 0) is 14.6 Å². The third-order valence-corrected chi connectivity index (χ3v) is 8.21. The highest BCUT2D eigenvalue weighted by atomic mass is 32.2. The molecule has 1 fully saturated rings. The molecule has 4 rings (SSSR count). The molecule has 0 unspecified atom stereocenters. The topological polar surface area (TPSA) is 132 Å². The van der Waals surface area contributed by atoms with Crippen LogP contribution in [0.5, 0.6) is 28.7 Å². The zero-order valence-corrected chi connectivity index (χ0v) is 23.3. The van der Waals surface area contributed by atoms with Crippen LogP contribution in [0.3, 0.4) is 0 Å². The third kappa shape index (κ3) is 4.89. The van der Waals surface area contributed by atoms with Crippen molar-refractivity contribution in [1.29, 1.82) is 0 Å². The van der Waals surface area contributed by atoms with Crippen molar-refractivity contribution in [3.8, 4) is 39.9 Å². The molecule has 0 aliphatic carbocycles. The fourth-order valence-corrected chi connectivity index (χ4v) is 5.87. The summed E-state index contributed by atoms with van der Waals surface area (Å²) in [7, 11) is 5.22. The van der Waals surface area contributed by atoms with Gasteiger partial charge in [0.15, 0.2) is 38.5 Å². The van der Waals surface area contributed by atoms with Gasteiger partial charge in [0.2, 0.25) is 5.75 Å². The van der Waals surface area contributed by atoms with Gasteiger partial charge in [0, 0.05) is 24.0 Å². The zero-order chi connectivity index (χ0) is 28.5. The van der Waals surface area contributed by atoms with E-state index in [9.17, 15) is 18.0 Å². The Hall–Kier alpha value is -4.13. The van der Waals surface area contributed by atoms with Gasteiger partial charge in [-0.25, -0.2) is 17.9 Å². The van der Waals surface area contributed by atoms with Crippen LogP contribution in [0.15, 0.2) is 29.1 Å². The SMILES string of the molecule is COC(=O)c1c(-c2cc(OC)c(OC)c(OC)c2)c2cc(OC)c(OC)cc2c(=O)n1N1CCS(=O)(=O)CC1. The number of pyridine rings is 1. The molecule has 0 amide bonds. The number of fused-ring (bicyclic) bond motifs is 1. The maximum atomic E-state index is 14.0. The summed E-state index contributed by atoms with van der Waals surface area (Å²) in [5.74, 6) is 0.443. The summed E-state index contributed by atoms with van der Waals surface area (Å²) in [6.45, 7) is -0.000545. The zero-order valence-electron chi connectivity index (χ0n) is 22.5. The van der Waals surface area contributed by atoms with Crippen LogP contribution >= 0.6 is 0 Å². The van der Waals surface area contributed by atoms with Crippen LogP contribution in [-0.4, -0.2) is 86.3 Å². The Morgan fingerprint density at radius 2 is 1.26 bits per heavy atom. The number of esters is 1. The van der Waals surface area contributed by atoms with Crippen molar-refractivity contribution in [2.45, 2.75) is 0 Å². The smallest absolute Gasteiger partial charge is 0.357 e. The molecule has 210 valence electrons. The Bertz CT molecular complexity index is 1560. The van der Waals surface area contributed by atoms with Crippen molar-refractivity contribution < 1.29 is 41.6 Å². The summed E-state index contributed by atoms with van der Waals surface area (Å²) in [4.78, 5) is 27.5. The summed E-state index contributed by atoms with van der Waals surface area (Å²) in [5.41, 5.74) is 0.100. The first-order chi connectivity index (χ1) is 18.6. The quantitative estimate of drug-likeness (QED) is 0.373. The van der Waals surface area contributed by atoms with Crippen LogP contribution in [0.2, 0.25) is 0 Å². The van der Waals surface area contributed by atoms with E-state index < -0.39 is 21.4 Å². The molecule has 0 bridgehead atoms. The number of benzene rings is 2. The van der Waals surface area contributed by atoms with Crippen LogP contribution in [0, 0.1) is 0 Å². The maximum absolute atomic E-state index is 14.0. The van der Waals surface area contributed by atoms with E-state index in [4.69, 9.17) is 28.4 Å². The molecule has 1 aromatic heterocycles. The summed E-state index contributed by atoms with van der Waals surface area (Å²) in [6, 6.07) is 6.42. The molecule has 12 nitrogen and oxygen atoms in total. The van der Waals surface area contributed by atoms with Crippen LogP contribution in [0.25, 0.3) is 21.9 Å². The lowest BCUT2D eigenvalue weighted by atomic mass is 9.95. The first-order valence-corrected chi connectivity index (χ1v) is 13.7. The average molecular weight is 563 g/mol. The number of rotatable bonds is 8. The standard InChI is InChI=1S/C26H30N2O10S/c1-33-18-13-16-17(14-19(18)34-2)25(29)28(27-7-9-39(31,32)10-8-27)23(26(30)38-6)22(16)15-11-20(35-3)24(37-5)21(12-15)36-4/h11-14H,7-10H2,1-6H3. The molecule has 0 spiro atoms. The maximum Gasteiger partial charge on any atom is 0.357 e. The van der Waals surface area contributed by atoms with Gasteiger partial charge in [-0.1, -0.05) is 0 Å². The average Bonchev–Trinajstić information content (AvgIpc) is 2.95. The van der Waals surface area contributed by atoms with E-state index >= 15 is 0 Å². The van der Waals surface area contributed by atoms with E-state index in [1.54, 1.807) is 18.2 Å². The fourth-order valence-electron chi connectivity index (χ4n) is 4.69. The largest absolute Gasteiger partial charge is 0.493 e. The Morgan fingerprint density at radius 3 is 1.72 bits per heavy atom. The number of nitrogens with zero attached hydrogens (tertiary/aromatic N) is 2. The molecular weight excluding hydrogens is 532 g/mol. The lowest BCUT2D eigenvalue weighted by Gasteiger charge is -2.33. The summed E-state index contributed by atoms with van der Waals surface area (Å²) < 4.78 is 58.2. The van der Waals surface area contributed by atoms with E-state index in [1.165, 1.54) is 58.4 Å². The number of hydrogen-bond donors (Lipinski definition) is 0. The molecule has 0 saturated carbocycles. The summed E-state index contributed by atoms with van der Waals surface area (Å²) in [6.07, 6.45) is 0. The second-order valence-corrected chi connectivity index (χ2v) is 10.9. The molecule has 39 heavy (non-hydrogen) atoms. The first-order valence-electron chi connectivity index (χ1n) is 11.8. The van der Waals surface area contributed by atoms with Gasteiger partial charge in [0.1, 0.15) is 0 Å². The molecule has 1 saturated heterocycles. The highest BCUT2D eigenvalue weighted by Crippen LogP contribution is 2.44. The van der Waals surface area contributed by atoms with E-state index in [-0.39, 0.29) is 35.7 Å². The lowest BCUT2D eigenvalue weighted by molar-refractivity contribution is 0.0587. The molecule has 1 aliphatic rings. The van der Waals surface area contributed by atoms with Gasteiger partial charge in [0.25, 0.3) is 5.56 Å². The highest BCUT2D eigenvalue weighted by molar-refractivity contribution is 7.91. The molecule has 0 N–H and O–H groups in total. The number of sulfone groups is 1. The minimum atomic E-state index is -3.28. The van der Waals surface area contributed by atoms with Crippen molar-refractivity contribution >= 4 is 26.6 Å². The van der Waals surface area contributed by atoms with Gasteiger partial charge in [-0.2, -0.15) is 0 Å². The van der Waals surface area contributed by atoms with Crippen molar-refractivity contribution in [1.82, 2.24) is 4.68 Å². The number of ether oxygens (including phenoxy) is 6. The molecule has 2 heterocycles. The number of hydrogen-bond acceptors (Lipinski definition) is 11. The molecule has 3 aromatic rings. The third-order valence-electron chi connectivity index (χ3n) is 6.60. The molecular formula is C26H30N2O10S. The molecule has 1 aliphatic heterocycles. The first kappa shape index (κ1) is 27.9. The van der Waals surface area contributed by atoms with Crippen molar-refractivity contribution in [2.75, 3.05) is 72.3 Å². The van der Waals surface area contributed by atoms with Gasteiger partial charge in [-0.3, -0.25) is 4.79 Å². The Balaban J connectivity index is 2.21. The number of methoxy groups -OCH3 is 6. The van der Waals surface area contributed by atoms with Gasteiger partial charge >= 0.3 is 5.97 Å². The van der Waals surface area contributed by atoms with Gasteiger partial charge in [0.05, 0.1) is 59.6 Å². The monoisotopic (exact) mass is 562 g/mol. The fraction of sp³-hybridized carbons (Fsp3) is 0.385. The van der Waals surface area contributed by atoms with Gasteiger partial charge in [-0.15, -0.1) is 0 Å². The lowest BCUT2D eigenvalue weighted by Crippen LogP contribution is -2.52. The van der Waals surface area contributed by atoms with Gasteiger partial charge < -0.3 is 33.4 Å². The Labute approximate surface area is 225 Å². The second kappa shape index (κ2) is 10.9. The molecule has 0 radical (unpaired) electrons. The minimum Gasteiger partial charge on any atom is -0.493 e. The van der Waals surface area contributed by atoms with E-state index in [1.807, 2.05) is 0 Å². The number of carbonyl (C=O) groups excluding carboxylic acids is 1.